The van der Waals surface area contributed by atoms with Crippen LogP contribution < -0.4 is 5.56 Å². The van der Waals surface area contributed by atoms with Crippen molar-refractivity contribution in [3.63, 3.8) is 0 Å². The summed E-state index contributed by atoms with van der Waals surface area (Å²) in [5, 5.41) is 3.94. The Kier molecular flexibility index (Phi) is 3.90. The number of nitrogens with one attached hydrogen (secondary N) is 1. The quantitative estimate of drug-likeness (QED) is 0.764. The van der Waals surface area contributed by atoms with Crippen molar-refractivity contribution in [1.29, 1.82) is 0 Å². The van der Waals surface area contributed by atoms with Gasteiger partial charge in [-0.15, -0.1) is 0 Å². The van der Waals surface area contributed by atoms with Crippen LogP contribution in [0.2, 0.25) is 5.02 Å². The highest BCUT2D eigenvalue weighted by Crippen LogP contribution is 2.23. The van der Waals surface area contributed by atoms with Gasteiger partial charge in [-0.3, -0.25) is 9.89 Å². The number of aromatic amines is 1. The van der Waals surface area contributed by atoms with Crippen LogP contribution in [-0.4, -0.2) is 9.78 Å². The number of halogens is 1. The SMILES string of the molecule is Cc1cc(C(C)n2[nH]c(-c3ccccc3)cc2=O)ccc1Cl. The van der Waals surface area contributed by atoms with Crippen LogP contribution in [0.3, 0.4) is 0 Å². The van der Waals surface area contributed by atoms with Crippen molar-refractivity contribution in [3.8, 4) is 11.3 Å². The second kappa shape index (κ2) is 5.85. The Bertz CT molecular complexity index is 849. The maximum absolute atomic E-state index is 12.3. The summed E-state index contributed by atoms with van der Waals surface area (Å²) in [7, 11) is 0. The molecule has 0 aliphatic carbocycles. The average molecular weight is 313 g/mol. The van der Waals surface area contributed by atoms with Gasteiger partial charge in [-0.1, -0.05) is 54.1 Å². The highest BCUT2D eigenvalue weighted by atomic mass is 35.5. The van der Waals surface area contributed by atoms with E-state index in [-0.39, 0.29) is 11.6 Å². The largest absolute Gasteiger partial charge is 0.294 e. The fourth-order valence-electron chi connectivity index (χ4n) is 2.54. The number of aromatic nitrogens is 2. The first-order chi connectivity index (χ1) is 10.6. The van der Waals surface area contributed by atoms with Crippen molar-refractivity contribution in [2.45, 2.75) is 19.9 Å². The number of H-pyrrole nitrogens is 1. The molecule has 3 nitrogen and oxygen atoms in total. The Labute approximate surface area is 134 Å². The summed E-state index contributed by atoms with van der Waals surface area (Å²) >= 11 is 6.07. The molecule has 1 N–H and O–H groups in total. The normalized spacial score (nSPS) is 12.3. The molecule has 4 heteroatoms. The molecule has 22 heavy (non-hydrogen) atoms. The smallest absolute Gasteiger partial charge is 0.267 e. The Morgan fingerprint density at radius 1 is 1.09 bits per heavy atom. The van der Waals surface area contributed by atoms with Gasteiger partial charge in [0.05, 0.1) is 11.7 Å². The number of nitrogens with zero attached hydrogens (tertiary/aromatic N) is 1. The fraction of sp³-hybridized carbons (Fsp3) is 0.167. The van der Waals surface area contributed by atoms with Gasteiger partial charge in [0.25, 0.3) is 5.56 Å². The number of aryl methyl sites for hydroxylation is 1. The molecule has 3 aromatic rings. The van der Waals surface area contributed by atoms with Crippen LogP contribution in [0.4, 0.5) is 0 Å². The standard InChI is InChI=1S/C18H17ClN2O/c1-12-10-15(8-9-16(12)19)13(2)21-18(22)11-17(20-21)14-6-4-3-5-7-14/h3-11,13,20H,1-2H3. The first kappa shape index (κ1) is 14.7. The number of hydrogen-bond donors (Lipinski definition) is 1. The molecular weight excluding hydrogens is 296 g/mol. The predicted molar refractivity (Wildman–Crippen MR) is 90.5 cm³/mol. The third-order valence-corrected chi connectivity index (χ3v) is 4.31. The average Bonchev–Trinajstić information content (AvgIpc) is 2.92. The molecule has 0 aliphatic heterocycles. The minimum atomic E-state index is -0.0825. The van der Waals surface area contributed by atoms with E-state index in [1.165, 1.54) is 0 Å². The lowest BCUT2D eigenvalue weighted by Crippen LogP contribution is -2.20. The first-order valence-corrected chi connectivity index (χ1v) is 7.57. The Morgan fingerprint density at radius 2 is 1.82 bits per heavy atom. The van der Waals surface area contributed by atoms with Crippen LogP contribution in [0, 0.1) is 6.92 Å². The molecule has 1 aromatic heterocycles. The molecule has 0 saturated heterocycles. The van der Waals surface area contributed by atoms with Gasteiger partial charge in [0, 0.05) is 11.1 Å². The van der Waals surface area contributed by atoms with E-state index < -0.39 is 0 Å². The lowest BCUT2D eigenvalue weighted by atomic mass is 10.1. The van der Waals surface area contributed by atoms with Crippen molar-refractivity contribution < 1.29 is 0 Å². The maximum Gasteiger partial charge on any atom is 0.267 e. The molecule has 0 spiro atoms. The van der Waals surface area contributed by atoms with Gasteiger partial charge in [-0.05, 0) is 36.6 Å². The van der Waals surface area contributed by atoms with Gasteiger partial charge in [-0.25, -0.2) is 4.68 Å². The van der Waals surface area contributed by atoms with Gasteiger partial charge in [0.2, 0.25) is 0 Å². The Morgan fingerprint density at radius 3 is 2.50 bits per heavy atom. The molecule has 0 bridgehead atoms. The summed E-state index contributed by atoms with van der Waals surface area (Å²) in [6.07, 6.45) is 0. The van der Waals surface area contributed by atoms with E-state index in [9.17, 15) is 4.79 Å². The molecule has 0 saturated carbocycles. The molecule has 1 atom stereocenters. The van der Waals surface area contributed by atoms with E-state index in [0.29, 0.717) is 0 Å². The molecular formula is C18H17ClN2O. The summed E-state index contributed by atoms with van der Waals surface area (Å²) < 4.78 is 1.64. The second-order valence-corrected chi connectivity index (χ2v) is 5.84. The van der Waals surface area contributed by atoms with Crippen LogP contribution in [0.15, 0.2) is 59.4 Å². The zero-order valence-electron chi connectivity index (χ0n) is 12.5. The molecule has 1 heterocycles. The summed E-state index contributed by atoms with van der Waals surface area (Å²) in [4.78, 5) is 12.3. The molecule has 1 unspecified atom stereocenters. The van der Waals surface area contributed by atoms with Crippen LogP contribution >= 0.6 is 11.6 Å². The lowest BCUT2D eigenvalue weighted by Gasteiger charge is -2.14. The van der Waals surface area contributed by atoms with Crippen molar-refractivity contribution in [2.24, 2.45) is 0 Å². The first-order valence-electron chi connectivity index (χ1n) is 7.19. The van der Waals surface area contributed by atoms with E-state index in [1.807, 2.05) is 62.4 Å². The lowest BCUT2D eigenvalue weighted by molar-refractivity contribution is 0.549. The second-order valence-electron chi connectivity index (χ2n) is 5.43. The maximum atomic E-state index is 12.3. The van der Waals surface area contributed by atoms with Crippen molar-refractivity contribution >= 4 is 11.6 Å². The third kappa shape index (κ3) is 2.72. The summed E-state index contributed by atoms with van der Waals surface area (Å²) in [6.45, 7) is 3.96. The van der Waals surface area contributed by atoms with Gasteiger partial charge >= 0.3 is 0 Å². The van der Waals surface area contributed by atoms with Crippen LogP contribution in [0.5, 0.6) is 0 Å². The van der Waals surface area contributed by atoms with Gasteiger partial charge in [-0.2, -0.15) is 0 Å². The molecule has 112 valence electrons. The molecule has 2 aromatic carbocycles. The molecule has 0 amide bonds. The zero-order chi connectivity index (χ0) is 15.7. The number of rotatable bonds is 3. The highest BCUT2D eigenvalue weighted by Gasteiger charge is 2.13. The molecule has 0 fully saturated rings. The van der Waals surface area contributed by atoms with E-state index in [2.05, 4.69) is 5.10 Å². The van der Waals surface area contributed by atoms with Crippen molar-refractivity contribution in [1.82, 2.24) is 9.78 Å². The van der Waals surface area contributed by atoms with E-state index in [1.54, 1.807) is 10.7 Å². The van der Waals surface area contributed by atoms with Crippen molar-refractivity contribution in [3.05, 3.63) is 81.1 Å². The van der Waals surface area contributed by atoms with Crippen LogP contribution in [-0.2, 0) is 0 Å². The van der Waals surface area contributed by atoms with Crippen molar-refractivity contribution in [2.75, 3.05) is 0 Å². The van der Waals surface area contributed by atoms with E-state index in [4.69, 9.17) is 11.6 Å². The molecule has 0 radical (unpaired) electrons. The van der Waals surface area contributed by atoms with Gasteiger partial charge in [0.1, 0.15) is 0 Å². The van der Waals surface area contributed by atoms with Gasteiger partial charge < -0.3 is 0 Å². The Balaban J connectivity index is 2.00. The fourth-order valence-corrected chi connectivity index (χ4v) is 2.66. The third-order valence-electron chi connectivity index (χ3n) is 3.88. The predicted octanol–water partition coefficient (Wildman–Crippen LogP) is 4.41. The topological polar surface area (TPSA) is 37.8 Å². The minimum absolute atomic E-state index is 0.0426. The summed E-state index contributed by atoms with van der Waals surface area (Å²) in [5.41, 5.74) is 3.83. The summed E-state index contributed by atoms with van der Waals surface area (Å²) in [5.74, 6) is 0. The summed E-state index contributed by atoms with van der Waals surface area (Å²) in [6, 6.07) is 17.2. The molecule has 0 aliphatic rings. The van der Waals surface area contributed by atoms with E-state index in [0.717, 1.165) is 27.4 Å². The highest BCUT2D eigenvalue weighted by molar-refractivity contribution is 6.31. The van der Waals surface area contributed by atoms with Crippen LogP contribution in [0.25, 0.3) is 11.3 Å². The molecule has 3 rings (SSSR count). The number of benzene rings is 2. The monoisotopic (exact) mass is 312 g/mol. The number of hydrogen-bond acceptors (Lipinski definition) is 1. The minimum Gasteiger partial charge on any atom is -0.294 e. The van der Waals surface area contributed by atoms with E-state index >= 15 is 0 Å². The van der Waals surface area contributed by atoms with Crippen LogP contribution in [0.1, 0.15) is 24.1 Å². The zero-order valence-corrected chi connectivity index (χ0v) is 13.3. The van der Waals surface area contributed by atoms with Gasteiger partial charge in [0.15, 0.2) is 0 Å². The Hall–Kier alpha value is -2.26.